The maximum atomic E-state index is 12.8. The van der Waals surface area contributed by atoms with Crippen LogP contribution in [0.4, 0.5) is 0 Å². The number of aryl methyl sites for hydroxylation is 1. The number of hydrogen-bond donors (Lipinski definition) is 1. The molecule has 0 atom stereocenters. The predicted molar refractivity (Wildman–Crippen MR) is 104 cm³/mol. The van der Waals surface area contributed by atoms with Gasteiger partial charge in [-0.05, 0) is 24.1 Å². The van der Waals surface area contributed by atoms with E-state index >= 15 is 0 Å². The van der Waals surface area contributed by atoms with E-state index in [4.69, 9.17) is 4.74 Å². The first-order valence-corrected chi connectivity index (χ1v) is 11.3. The molecule has 1 aromatic carbocycles. The number of aromatic nitrogens is 2. The summed E-state index contributed by atoms with van der Waals surface area (Å²) in [4.78, 5) is 19.2. The van der Waals surface area contributed by atoms with E-state index in [0.29, 0.717) is 37.2 Å². The van der Waals surface area contributed by atoms with Crippen molar-refractivity contribution in [2.45, 2.75) is 35.6 Å². The fourth-order valence-electron chi connectivity index (χ4n) is 2.82. The zero-order chi connectivity index (χ0) is 19.3. The van der Waals surface area contributed by atoms with E-state index in [1.165, 1.54) is 22.1 Å². The van der Waals surface area contributed by atoms with E-state index < -0.39 is 10.0 Å². The zero-order valence-corrected chi connectivity index (χ0v) is 16.8. The summed E-state index contributed by atoms with van der Waals surface area (Å²) in [5.74, 6) is 0.519. The van der Waals surface area contributed by atoms with Gasteiger partial charge in [-0.1, -0.05) is 37.2 Å². The molecule has 0 aliphatic carbocycles. The molecule has 3 rings (SSSR count). The summed E-state index contributed by atoms with van der Waals surface area (Å²) in [6, 6.07) is 8.43. The van der Waals surface area contributed by atoms with Crippen LogP contribution in [0.1, 0.15) is 24.6 Å². The highest BCUT2D eigenvalue weighted by Crippen LogP contribution is 2.23. The Kier molecular flexibility index (Phi) is 6.69. The molecule has 1 aliphatic heterocycles. The third-order valence-electron chi connectivity index (χ3n) is 4.16. The third-order valence-corrected chi connectivity index (χ3v) is 7.00. The molecule has 1 fully saturated rings. The van der Waals surface area contributed by atoms with Gasteiger partial charge < -0.3 is 9.72 Å². The molecule has 1 N–H and O–H groups in total. The standard InChI is InChI=1S/C18H23N3O4S2/c1-2-4-15-12-17(22)20-18(19-15)26-13-14-5-3-6-16(11-14)27(23,24)21-7-9-25-10-8-21/h3,5-6,11-12H,2,4,7-10,13H2,1H3,(H,19,20,22). The van der Waals surface area contributed by atoms with Gasteiger partial charge in [-0.25, -0.2) is 13.4 Å². The Hall–Kier alpha value is -1.68. The number of H-pyrrole nitrogens is 1. The molecule has 0 radical (unpaired) electrons. The molecule has 0 saturated carbocycles. The number of rotatable bonds is 7. The predicted octanol–water partition coefficient (Wildman–Crippen LogP) is 2.04. The fourth-order valence-corrected chi connectivity index (χ4v) is 5.14. The largest absolute Gasteiger partial charge is 0.379 e. The van der Waals surface area contributed by atoms with E-state index in [9.17, 15) is 13.2 Å². The topological polar surface area (TPSA) is 92.4 Å². The minimum atomic E-state index is -3.52. The lowest BCUT2D eigenvalue weighted by atomic mass is 10.2. The van der Waals surface area contributed by atoms with Crippen molar-refractivity contribution in [1.82, 2.24) is 14.3 Å². The number of aromatic amines is 1. The number of thioether (sulfide) groups is 1. The first-order valence-electron chi connectivity index (χ1n) is 8.89. The lowest BCUT2D eigenvalue weighted by Crippen LogP contribution is -2.40. The zero-order valence-electron chi connectivity index (χ0n) is 15.2. The number of nitrogens with zero attached hydrogens (tertiary/aromatic N) is 2. The number of sulfonamides is 1. The number of hydrogen-bond acceptors (Lipinski definition) is 6. The summed E-state index contributed by atoms with van der Waals surface area (Å²) >= 11 is 1.39. The number of morpholine rings is 1. The Morgan fingerprint density at radius 2 is 2.04 bits per heavy atom. The van der Waals surface area contributed by atoms with Crippen molar-refractivity contribution in [2.24, 2.45) is 0 Å². The lowest BCUT2D eigenvalue weighted by molar-refractivity contribution is 0.0730. The first kappa shape index (κ1) is 20.1. The molecule has 7 nitrogen and oxygen atoms in total. The first-order chi connectivity index (χ1) is 13.0. The SMILES string of the molecule is CCCc1cc(=O)[nH]c(SCc2cccc(S(=O)(=O)N3CCOCC3)c2)n1. The molecule has 0 bridgehead atoms. The van der Waals surface area contributed by atoms with Crippen LogP contribution in [0.2, 0.25) is 0 Å². The molecule has 1 aromatic heterocycles. The minimum Gasteiger partial charge on any atom is -0.379 e. The molecule has 9 heteroatoms. The Balaban J connectivity index is 1.74. The molecule has 0 unspecified atom stereocenters. The second kappa shape index (κ2) is 9.01. The molecule has 0 amide bonds. The van der Waals surface area contributed by atoms with Gasteiger partial charge >= 0.3 is 0 Å². The average molecular weight is 410 g/mol. The van der Waals surface area contributed by atoms with Crippen LogP contribution in [-0.4, -0.2) is 49.0 Å². The van der Waals surface area contributed by atoms with E-state index in [2.05, 4.69) is 9.97 Å². The number of nitrogens with one attached hydrogen (secondary N) is 1. The molecule has 2 aromatic rings. The van der Waals surface area contributed by atoms with Crippen LogP contribution in [0.3, 0.4) is 0 Å². The molecule has 27 heavy (non-hydrogen) atoms. The Bertz CT molecular complexity index is 938. The van der Waals surface area contributed by atoms with Crippen LogP contribution in [-0.2, 0) is 26.9 Å². The minimum absolute atomic E-state index is 0.167. The van der Waals surface area contributed by atoms with Crippen molar-refractivity contribution in [3.05, 3.63) is 51.9 Å². The average Bonchev–Trinajstić information content (AvgIpc) is 2.67. The highest BCUT2D eigenvalue weighted by atomic mass is 32.2. The highest BCUT2D eigenvalue weighted by molar-refractivity contribution is 7.98. The Morgan fingerprint density at radius 3 is 2.78 bits per heavy atom. The summed E-state index contributed by atoms with van der Waals surface area (Å²) in [6.45, 7) is 3.62. The van der Waals surface area contributed by atoms with Crippen molar-refractivity contribution in [1.29, 1.82) is 0 Å². The van der Waals surface area contributed by atoms with Crippen LogP contribution < -0.4 is 5.56 Å². The second-order valence-electron chi connectivity index (χ2n) is 6.24. The van der Waals surface area contributed by atoms with Gasteiger partial charge in [0, 0.05) is 30.6 Å². The van der Waals surface area contributed by atoms with Crippen LogP contribution in [0.5, 0.6) is 0 Å². The summed E-state index contributed by atoms with van der Waals surface area (Å²) in [5, 5.41) is 0.549. The van der Waals surface area contributed by atoms with E-state index in [1.807, 2.05) is 13.0 Å². The van der Waals surface area contributed by atoms with E-state index in [0.717, 1.165) is 24.1 Å². The van der Waals surface area contributed by atoms with E-state index in [-0.39, 0.29) is 10.5 Å². The summed E-state index contributed by atoms with van der Waals surface area (Å²) < 4.78 is 32.2. The van der Waals surface area contributed by atoms with Gasteiger partial charge in [0.2, 0.25) is 10.0 Å². The molecule has 1 saturated heterocycles. The van der Waals surface area contributed by atoms with Crippen LogP contribution in [0, 0.1) is 0 Å². The van der Waals surface area contributed by atoms with E-state index in [1.54, 1.807) is 18.2 Å². The summed E-state index contributed by atoms with van der Waals surface area (Å²) in [5.41, 5.74) is 1.46. The molecule has 146 valence electrons. The van der Waals surface area contributed by atoms with Crippen molar-refractivity contribution in [3.63, 3.8) is 0 Å². The number of benzene rings is 1. The highest BCUT2D eigenvalue weighted by Gasteiger charge is 2.26. The van der Waals surface area contributed by atoms with Crippen molar-refractivity contribution in [3.8, 4) is 0 Å². The monoisotopic (exact) mass is 409 g/mol. The molecular weight excluding hydrogens is 386 g/mol. The second-order valence-corrected chi connectivity index (χ2v) is 9.15. The fraction of sp³-hybridized carbons (Fsp3) is 0.444. The van der Waals surface area contributed by atoms with Gasteiger partial charge in [0.05, 0.1) is 18.1 Å². The molecular formula is C18H23N3O4S2. The lowest BCUT2D eigenvalue weighted by Gasteiger charge is -2.26. The van der Waals surface area contributed by atoms with Gasteiger partial charge in [0.15, 0.2) is 5.16 Å². The van der Waals surface area contributed by atoms with Gasteiger partial charge in [-0.15, -0.1) is 0 Å². The molecule has 0 spiro atoms. The maximum absolute atomic E-state index is 12.8. The van der Waals surface area contributed by atoms with Crippen molar-refractivity contribution in [2.75, 3.05) is 26.3 Å². The van der Waals surface area contributed by atoms with Crippen LogP contribution in [0.15, 0.2) is 45.2 Å². The van der Waals surface area contributed by atoms with Crippen LogP contribution in [0.25, 0.3) is 0 Å². The third kappa shape index (κ3) is 5.19. The quantitative estimate of drug-likeness (QED) is 0.556. The van der Waals surface area contributed by atoms with Gasteiger partial charge in [0.1, 0.15) is 0 Å². The summed E-state index contributed by atoms with van der Waals surface area (Å²) in [6.07, 6.45) is 1.67. The maximum Gasteiger partial charge on any atom is 0.251 e. The van der Waals surface area contributed by atoms with Crippen LogP contribution >= 0.6 is 11.8 Å². The number of ether oxygens (including phenoxy) is 1. The Morgan fingerprint density at radius 1 is 1.26 bits per heavy atom. The molecule has 2 heterocycles. The van der Waals surface area contributed by atoms with Gasteiger partial charge in [0.25, 0.3) is 5.56 Å². The summed E-state index contributed by atoms with van der Waals surface area (Å²) in [7, 11) is -3.52. The molecule has 1 aliphatic rings. The normalized spacial score (nSPS) is 15.7. The van der Waals surface area contributed by atoms with Gasteiger partial charge in [-0.2, -0.15) is 4.31 Å². The van der Waals surface area contributed by atoms with Crippen molar-refractivity contribution >= 4 is 21.8 Å². The van der Waals surface area contributed by atoms with Crippen molar-refractivity contribution < 1.29 is 13.2 Å². The smallest absolute Gasteiger partial charge is 0.251 e. The van der Waals surface area contributed by atoms with Gasteiger partial charge in [-0.3, -0.25) is 4.79 Å². The Labute approximate surface area is 163 Å².